The fourth-order valence-electron chi connectivity index (χ4n) is 0.928. The molecule has 1 aliphatic heterocycles. The minimum absolute atomic E-state index is 0.0413. The Kier molecular flexibility index (Phi) is 2.37. The highest BCUT2D eigenvalue weighted by Gasteiger charge is 2.38. The number of hydrogen-bond acceptors (Lipinski definition) is 5. The maximum atomic E-state index is 10.5. The summed E-state index contributed by atoms with van der Waals surface area (Å²) in [5.74, 6) is 0. The normalized spacial score (nSPS) is 22.5. The van der Waals surface area contributed by atoms with Crippen LogP contribution in [-0.2, 0) is 0 Å². The van der Waals surface area contributed by atoms with Gasteiger partial charge in [-0.2, -0.15) is 9.52 Å². The lowest BCUT2D eigenvalue weighted by Gasteiger charge is -2.21. The summed E-state index contributed by atoms with van der Waals surface area (Å²) < 4.78 is 0.944. The van der Waals surface area contributed by atoms with Gasteiger partial charge in [-0.3, -0.25) is 10.1 Å². The molecule has 0 aliphatic carbocycles. The van der Waals surface area contributed by atoms with Crippen LogP contribution in [0.5, 0.6) is 0 Å². The van der Waals surface area contributed by atoms with Gasteiger partial charge in [-0.15, -0.1) is 0 Å². The third-order valence-corrected chi connectivity index (χ3v) is 1.73. The Morgan fingerprint density at radius 1 is 1.75 bits per heavy atom. The second kappa shape index (κ2) is 3.14. The maximum absolute atomic E-state index is 10.5. The molecule has 0 aromatic carbocycles. The molecule has 0 saturated heterocycles. The first-order chi connectivity index (χ1) is 5.54. The molecule has 7 heteroatoms. The molecule has 1 atom stereocenters. The van der Waals surface area contributed by atoms with Crippen LogP contribution >= 0.6 is 11.8 Å². The van der Waals surface area contributed by atoms with Crippen LogP contribution in [-0.4, -0.2) is 33.0 Å². The monoisotopic (exact) mass is 192 g/mol. The smallest absolute Gasteiger partial charge is 0.261 e. The molecule has 0 saturated carbocycles. The molecule has 68 valence electrons. The van der Waals surface area contributed by atoms with Crippen LogP contribution in [0.4, 0.5) is 0 Å². The molecule has 1 rings (SSSR count). The van der Waals surface area contributed by atoms with Crippen molar-refractivity contribution in [2.24, 2.45) is 5.10 Å². The summed E-state index contributed by atoms with van der Waals surface area (Å²) in [4.78, 5) is 10.00. The van der Waals surface area contributed by atoms with Crippen LogP contribution in [0.2, 0.25) is 0 Å². The lowest BCUT2D eigenvalue weighted by molar-refractivity contribution is -0.566. The number of rotatable bonds is 2. The number of hydrazone groups is 1. The molecule has 0 aromatic rings. The van der Waals surface area contributed by atoms with Crippen molar-refractivity contribution in [3.63, 3.8) is 0 Å². The quantitative estimate of drug-likeness (QED) is 0.367. The number of halogens is 1. The molecule has 0 aromatic heterocycles. The molecule has 0 N–H and O–H groups in total. The van der Waals surface area contributed by atoms with Gasteiger partial charge in [0.2, 0.25) is 0 Å². The van der Waals surface area contributed by atoms with Gasteiger partial charge >= 0.3 is 6.29 Å². The van der Waals surface area contributed by atoms with Crippen LogP contribution in [0.15, 0.2) is 5.10 Å². The molecular formula is C5H9ClN4O2. The maximum Gasteiger partial charge on any atom is 0.397 e. The molecule has 0 fully saturated rings. The van der Waals surface area contributed by atoms with Gasteiger partial charge in [-0.1, -0.05) is 0 Å². The van der Waals surface area contributed by atoms with Gasteiger partial charge in [0.1, 0.15) is 6.34 Å². The van der Waals surface area contributed by atoms with Crippen molar-refractivity contribution in [2.75, 3.05) is 0 Å². The molecule has 6 nitrogen and oxygen atoms in total. The third-order valence-electron chi connectivity index (χ3n) is 1.47. The van der Waals surface area contributed by atoms with Gasteiger partial charge in [0, 0.05) is 11.8 Å². The van der Waals surface area contributed by atoms with Gasteiger partial charge in [-0.05, 0) is 13.8 Å². The van der Waals surface area contributed by atoms with Crippen molar-refractivity contribution < 1.29 is 4.92 Å². The first kappa shape index (κ1) is 9.05. The molecule has 0 spiro atoms. The van der Waals surface area contributed by atoms with Crippen molar-refractivity contribution in [3.8, 4) is 0 Å². The minimum atomic E-state index is -1.08. The van der Waals surface area contributed by atoms with Gasteiger partial charge < -0.3 is 0 Å². The zero-order valence-electron chi connectivity index (χ0n) is 6.72. The highest BCUT2D eigenvalue weighted by atomic mass is 35.5. The Hall–Kier alpha value is -1.04. The highest BCUT2D eigenvalue weighted by molar-refractivity contribution is 6.19. The summed E-state index contributed by atoms with van der Waals surface area (Å²) in [6.45, 7) is 3.62. The molecule has 0 bridgehead atoms. The van der Waals surface area contributed by atoms with E-state index >= 15 is 0 Å². The minimum Gasteiger partial charge on any atom is -0.261 e. The fraction of sp³-hybridized carbons (Fsp3) is 0.800. The Balaban J connectivity index is 2.76. The van der Waals surface area contributed by atoms with Crippen LogP contribution in [0.1, 0.15) is 13.8 Å². The van der Waals surface area contributed by atoms with E-state index in [9.17, 15) is 10.1 Å². The zero-order chi connectivity index (χ0) is 9.30. The second-order valence-electron chi connectivity index (χ2n) is 2.68. The predicted octanol–water partition coefficient (Wildman–Crippen LogP) is 0.670. The zero-order valence-corrected chi connectivity index (χ0v) is 7.47. The van der Waals surface area contributed by atoms with E-state index in [1.54, 1.807) is 0 Å². The van der Waals surface area contributed by atoms with E-state index in [4.69, 9.17) is 11.8 Å². The third kappa shape index (κ3) is 1.42. The summed E-state index contributed by atoms with van der Waals surface area (Å²) in [6, 6.07) is -0.0413. The average molecular weight is 193 g/mol. The standard InChI is InChI=1S/C5H9ClN4O2/c1-4(2)9-5(10(11)12)8(6)3-7-9/h3-5H,1-2H3. The van der Waals surface area contributed by atoms with Crippen molar-refractivity contribution in [1.82, 2.24) is 9.43 Å². The summed E-state index contributed by atoms with van der Waals surface area (Å²) >= 11 is 5.51. The molecule has 0 radical (unpaired) electrons. The molecule has 0 amide bonds. The van der Waals surface area contributed by atoms with E-state index < -0.39 is 11.2 Å². The Morgan fingerprint density at radius 3 is 2.67 bits per heavy atom. The predicted molar refractivity (Wildman–Crippen MR) is 43.9 cm³/mol. The fourth-order valence-corrected chi connectivity index (χ4v) is 1.13. The van der Waals surface area contributed by atoms with Gasteiger partial charge in [0.15, 0.2) is 0 Å². The Morgan fingerprint density at radius 2 is 2.33 bits per heavy atom. The van der Waals surface area contributed by atoms with E-state index in [1.165, 1.54) is 11.3 Å². The second-order valence-corrected chi connectivity index (χ2v) is 3.07. The summed E-state index contributed by atoms with van der Waals surface area (Å²) in [5.41, 5.74) is 0. The van der Waals surface area contributed by atoms with Crippen LogP contribution in [0.25, 0.3) is 0 Å². The first-order valence-electron chi connectivity index (χ1n) is 3.44. The topological polar surface area (TPSA) is 62.0 Å². The highest BCUT2D eigenvalue weighted by Crippen LogP contribution is 2.17. The van der Waals surface area contributed by atoms with Crippen molar-refractivity contribution in [1.29, 1.82) is 0 Å². The summed E-state index contributed by atoms with van der Waals surface area (Å²) in [7, 11) is 0. The van der Waals surface area contributed by atoms with Gasteiger partial charge in [0.05, 0.1) is 11.0 Å². The molecule has 1 heterocycles. The van der Waals surface area contributed by atoms with E-state index in [0.29, 0.717) is 0 Å². The Labute approximate surface area is 74.6 Å². The SMILES string of the molecule is CC(C)N1N=CN(Cl)C1[N+](=O)[O-]. The number of hydrogen-bond donors (Lipinski definition) is 0. The van der Waals surface area contributed by atoms with Crippen LogP contribution in [0.3, 0.4) is 0 Å². The van der Waals surface area contributed by atoms with E-state index in [2.05, 4.69) is 5.10 Å². The van der Waals surface area contributed by atoms with Crippen molar-refractivity contribution in [2.45, 2.75) is 26.2 Å². The van der Waals surface area contributed by atoms with E-state index in [-0.39, 0.29) is 6.04 Å². The lowest BCUT2D eigenvalue weighted by atomic mass is 10.4. The Bertz CT molecular complexity index is 219. The molecule has 1 aliphatic rings. The first-order valence-corrected chi connectivity index (χ1v) is 3.78. The van der Waals surface area contributed by atoms with Crippen molar-refractivity contribution >= 4 is 18.1 Å². The molecular weight excluding hydrogens is 184 g/mol. The largest absolute Gasteiger partial charge is 0.397 e. The van der Waals surface area contributed by atoms with Crippen molar-refractivity contribution in [3.05, 3.63) is 10.1 Å². The average Bonchev–Trinajstić information content (AvgIpc) is 2.30. The van der Waals surface area contributed by atoms with Gasteiger partial charge in [-0.25, -0.2) is 5.01 Å². The number of nitro groups is 1. The van der Waals surface area contributed by atoms with Crippen LogP contribution < -0.4 is 0 Å². The number of nitrogens with zero attached hydrogens (tertiary/aromatic N) is 4. The van der Waals surface area contributed by atoms with Gasteiger partial charge in [0.25, 0.3) is 0 Å². The molecule has 1 unspecified atom stereocenters. The molecule has 12 heavy (non-hydrogen) atoms. The summed E-state index contributed by atoms with van der Waals surface area (Å²) in [5, 5.41) is 15.6. The van der Waals surface area contributed by atoms with Crippen LogP contribution in [0, 0.1) is 10.1 Å². The van der Waals surface area contributed by atoms with E-state index in [0.717, 1.165) is 4.42 Å². The summed E-state index contributed by atoms with van der Waals surface area (Å²) in [6.07, 6.45) is 0.154. The van der Waals surface area contributed by atoms with E-state index in [1.807, 2.05) is 13.8 Å². The lowest BCUT2D eigenvalue weighted by Crippen LogP contribution is -2.44.